The van der Waals surface area contributed by atoms with E-state index in [1.54, 1.807) is 0 Å². The maximum absolute atomic E-state index is 4.43. The highest BCUT2D eigenvalue weighted by Crippen LogP contribution is 2.34. The summed E-state index contributed by atoms with van der Waals surface area (Å²) in [5, 5.41) is 11.5. The Morgan fingerprint density at radius 2 is 1.88 bits per heavy atom. The second kappa shape index (κ2) is 4.00. The number of hydrogen-bond donors (Lipinski definition) is 2. The van der Waals surface area contributed by atoms with E-state index in [4.69, 9.17) is 0 Å². The summed E-state index contributed by atoms with van der Waals surface area (Å²) in [6, 6.07) is 0. The van der Waals surface area contributed by atoms with Crippen molar-refractivity contribution in [1.29, 1.82) is 0 Å². The Labute approximate surface area is 97.4 Å². The molecular weight excluding hydrogens is 200 g/mol. The Hall–Kier alpha value is -1.19. The van der Waals surface area contributed by atoms with E-state index in [1.807, 2.05) is 11.7 Å². The van der Waals surface area contributed by atoms with Crippen LogP contribution in [0.3, 0.4) is 0 Å². The van der Waals surface area contributed by atoms with Crippen molar-refractivity contribution in [2.75, 3.05) is 23.7 Å². The molecule has 0 spiro atoms. The summed E-state index contributed by atoms with van der Waals surface area (Å²) in [4.78, 5) is 0. The first-order valence-corrected chi connectivity index (χ1v) is 6.13. The first-order chi connectivity index (χ1) is 7.62. The first kappa shape index (κ1) is 11.3. The summed E-state index contributed by atoms with van der Waals surface area (Å²) in [5.41, 5.74) is 2.62. The Kier molecular flexibility index (Phi) is 2.82. The van der Waals surface area contributed by atoms with Crippen LogP contribution in [-0.4, -0.2) is 22.9 Å². The van der Waals surface area contributed by atoms with Crippen molar-refractivity contribution in [1.82, 2.24) is 9.78 Å². The quantitative estimate of drug-likeness (QED) is 0.807. The number of nitrogens with one attached hydrogen (secondary N) is 2. The minimum Gasteiger partial charge on any atom is -0.380 e. The molecule has 2 N–H and O–H groups in total. The van der Waals surface area contributed by atoms with E-state index in [9.17, 15) is 0 Å². The van der Waals surface area contributed by atoms with Gasteiger partial charge in [-0.2, -0.15) is 5.10 Å². The van der Waals surface area contributed by atoms with Gasteiger partial charge in [0.15, 0.2) is 0 Å². The van der Waals surface area contributed by atoms with Crippen molar-refractivity contribution in [2.45, 2.75) is 33.6 Å². The number of aryl methyl sites for hydroxylation is 2. The van der Waals surface area contributed by atoms with Crippen LogP contribution in [0.2, 0.25) is 0 Å². The summed E-state index contributed by atoms with van der Waals surface area (Å²) in [6.45, 7) is 8.66. The van der Waals surface area contributed by atoms with E-state index < -0.39 is 0 Å². The molecule has 0 saturated carbocycles. The molecule has 1 aromatic heterocycles. The van der Waals surface area contributed by atoms with Gasteiger partial charge in [0.25, 0.3) is 0 Å². The third-order valence-corrected chi connectivity index (χ3v) is 3.99. The van der Waals surface area contributed by atoms with Crippen LogP contribution in [-0.2, 0) is 7.05 Å². The fourth-order valence-corrected chi connectivity index (χ4v) is 2.43. The van der Waals surface area contributed by atoms with E-state index in [-0.39, 0.29) is 0 Å². The molecule has 1 aromatic rings. The number of aromatic nitrogens is 2. The van der Waals surface area contributed by atoms with Crippen LogP contribution in [0.15, 0.2) is 0 Å². The fraction of sp³-hybridized carbons (Fsp3) is 0.750. The molecule has 1 aliphatic rings. The lowest BCUT2D eigenvalue weighted by Gasteiger charge is -2.30. The van der Waals surface area contributed by atoms with Gasteiger partial charge < -0.3 is 10.6 Å². The molecule has 0 aliphatic carbocycles. The van der Waals surface area contributed by atoms with E-state index in [2.05, 4.69) is 36.5 Å². The van der Waals surface area contributed by atoms with Gasteiger partial charge in [-0.05, 0) is 19.8 Å². The largest absolute Gasteiger partial charge is 0.380 e. The monoisotopic (exact) mass is 222 g/mol. The molecule has 0 aromatic carbocycles. The summed E-state index contributed by atoms with van der Waals surface area (Å²) in [5.74, 6) is 1.13. The molecule has 4 nitrogen and oxygen atoms in total. The lowest BCUT2D eigenvalue weighted by atomic mass is 9.82. The van der Waals surface area contributed by atoms with Crippen LogP contribution < -0.4 is 10.6 Å². The molecule has 1 aliphatic heterocycles. The van der Waals surface area contributed by atoms with E-state index in [0.29, 0.717) is 5.41 Å². The molecule has 0 fully saturated rings. The third kappa shape index (κ3) is 1.66. The summed E-state index contributed by atoms with van der Waals surface area (Å²) in [6.07, 6.45) is 2.40. The lowest BCUT2D eigenvalue weighted by Crippen LogP contribution is -2.33. The molecule has 0 bridgehead atoms. The topological polar surface area (TPSA) is 41.9 Å². The zero-order chi connectivity index (χ0) is 11.8. The van der Waals surface area contributed by atoms with Crippen LogP contribution in [0.5, 0.6) is 0 Å². The van der Waals surface area contributed by atoms with Crippen LogP contribution >= 0.6 is 0 Å². The van der Waals surface area contributed by atoms with Crippen molar-refractivity contribution in [2.24, 2.45) is 12.5 Å². The SMILES string of the molecule is CCC1(CC)CNc2c(C)nn(C)c2NC1. The minimum absolute atomic E-state index is 0.367. The Morgan fingerprint density at radius 1 is 1.25 bits per heavy atom. The van der Waals surface area contributed by atoms with Crippen LogP contribution in [0.1, 0.15) is 32.4 Å². The number of hydrogen-bond acceptors (Lipinski definition) is 3. The predicted molar refractivity (Wildman–Crippen MR) is 67.9 cm³/mol. The molecule has 2 rings (SSSR count). The summed E-state index contributed by atoms with van der Waals surface area (Å²) < 4.78 is 1.93. The molecule has 0 radical (unpaired) electrons. The molecule has 0 amide bonds. The third-order valence-electron chi connectivity index (χ3n) is 3.99. The maximum atomic E-state index is 4.43. The highest BCUT2D eigenvalue weighted by Gasteiger charge is 2.30. The summed E-state index contributed by atoms with van der Waals surface area (Å²) in [7, 11) is 1.99. The van der Waals surface area contributed by atoms with Crippen LogP contribution in [0, 0.1) is 12.3 Å². The highest BCUT2D eigenvalue weighted by atomic mass is 15.3. The predicted octanol–water partition coefficient (Wildman–Crippen LogP) is 2.37. The molecule has 90 valence electrons. The van der Waals surface area contributed by atoms with Crippen molar-refractivity contribution in [3.8, 4) is 0 Å². The molecule has 2 heterocycles. The standard InChI is InChI=1S/C12H22N4/c1-5-12(6-2)7-13-10-9(3)15-16(4)11(10)14-8-12/h13-14H,5-8H2,1-4H3. The summed E-state index contributed by atoms with van der Waals surface area (Å²) >= 11 is 0. The molecule has 0 atom stereocenters. The van der Waals surface area contributed by atoms with Gasteiger partial charge >= 0.3 is 0 Å². The normalized spacial score (nSPS) is 18.2. The number of fused-ring (bicyclic) bond motifs is 1. The van der Waals surface area contributed by atoms with Gasteiger partial charge in [-0.3, -0.25) is 4.68 Å². The molecule has 4 heteroatoms. The van der Waals surface area contributed by atoms with Gasteiger partial charge in [0.1, 0.15) is 11.5 Å². The smallest absolute Gasteiger partial charge is 0.148 e. The Bertz CT molecular complexity index is 346. The average molecular weight is 222 g/mol. The van der Waals surface area contributed by atoms with Gasteiger partial charge in [0.2, 0.25) is 0 Å². The second-order valence-electron chi connectivity index (χ2n) is 4.85. The highest BCUT2D eigenvalue weighted by molar-refractivity contribution is 5.68. The van der Waals surface area contributed by atoms with Crippen LogP contribution in [0.4, 0.5) is 11.5 Å². The van der Waals surface area contributed by atoms with Crippen molar-refractivity contribution in [3.05, 3.63) is 5.69 Å². The zero-order valence-corrected chi connectivity index (χ0v) is 10.7. The van der Waals surface area contributed by atoms with Crippen molar-refractivity contribution < 1.29 is 0 Å². The van der Waals surface area contributed by atoms with Crippen molar-refractivity contribution >= 4 is 11.5 Å². The first-order valence-electron chi connectivity index (χ1n) is 6.13. The molecule has 0 saturated heterocycles. The average Bonchev–Trinajstić information content (AvgIpc) is 2.49. The van der Waals surface area contributed by atoms with Gasteiger partial charge in [0.05, 0.1) is 5.69 Å². The number of nitrogens with zero attached hydrogens (tertiary/aromatic N) is 2. The van der Waals surface area contributed by atoms with Gasteiger partial charge in [0, 0.05) is 25.6 Å². The minimum atomic E-state index is 0.367. The second-order valence-corrected chi connectivity index (χ2v) is 4.85. The number of rotatable bonds is 2. The molecular formula is C12H22N4. The fourth-order valence-electron chi connectivity index (χ4n) is 2.43. The Balaban J connectivity index is 2.28. The number of anilines is 2. The lowest BCUT2D eigenvalue weighted by molar-refractivity contribution is 0.306. The van der Waals surface area contributed by atoms with Crippen molar-refractivity contribution in [3.63, 3.8) is 0 Å². The Morgan fingerprint density at radius 3 is 2.50 bits per heavy atom. The molecule has 16 heavy (non-hydrogen) atoms. The zero-order valence-electron chi connectivity index (χ0n) is 10.7. The van der Waals surface area contributed by atoms with E-state index in [1.165, 1.54) is 18.5 Å². The van der Waals surface area contributed by atoms with Gasteiger partial charge in [-0.25, -0.2) is 0 Å². The maximum Gasteiger partial charge on any atom is 0.148 e. The van der Waals surface area contributed by atoms with Gasteiger partial charge in [-0.15, -0.1) is 0 Å². The van der Waals surface area contributed by atoms with Crippen LogP contribution in [0.25, 0.3) is 0 Å². The van der Waals surface area contributed by atoms with E-state index in [0.717, 1.165) is 24.6 Å². The van der Waals surface area contributed by atoms with Gasteiger partial charge in [-0.1, -0.05) is 13.8 Å². The molecule has 0 unspecified atom stereocenters. The van der Waals surface area contributed by atoms with E-state index >= 15 is 0 Å².